The second-order valence-electron chi connectivity index (χ2n) is 4.83. The van der Waals surface area contributed by atoms with Gasteiger partial charge in [-0.15, -0.1) is 0 Å². The van der Waals surface area contributed by atoms with Crippen LogP contribution >= 0.6 is 0 Å². The molecule has 76 valence electrons. The Morgan fingerprint density at radius 2 is 2.07 bits per heavy atom. The van der Waals surface area contributed by atoms with Crippen molar-refractivity contribution in [1.29, 1.82) is 5.26 Å². The average molecular weight is 191 g/mol. The number of carbonyl (C=O) groups excluding carboxylic acids is 1. The molecular formula is C12H17NO. The molecule has 14 heavy (non-hydrogen) atoms. The van der Waals surface area contributed by atoms with Crippen LogP contribution in [0.3, 0.4) is 0 Å². The van der Waals surface area contributed by atoms with Crippen LogP contribution in [0, 0.1) is 22.7 Å². The van der Waals surface area contributed by atoms with Gasteiger partial charge < -0.3 is 0 Å². The van der Waals surface area contributed by atoms with Crippen molar-refractivity contribution in [2.45, 2.75) is 51.4 Å². The van der Waals surface area contributed by atoms with Gasteiger partial charge in [-0.2, -0.15) is 5.26 Å². The lowest BCUT2D eigenvalue weighted by atomic mass is 9.78. The molecule has 1 unspecified atom stereocenters. The van der Waals surface area contributed by atoms with Crippen molar-refractivity contribution in [2.75, 3.05) is 0 Å². The summed E-state index contributed by atoms with van der Waals surface area (Å²) in [6.07, 6.45) is 8.29. The van der Waals surface area contributed by atoms with Crippen molar-refractivity contribution < 1.29 is 4.79 Å². The van der Waals surface area contributed by atoms with E-state index in [2.05, 4.69) is 6.07 Å². The van der Waals surface area contributed by atoms with Crippen molar-refractivity contribution in [3.05, 3.63) is 0 Å². The third-order valence-electron chi connectivity index (χ3n) is 3.87. The maximum Gasteiger partial charge on any atom is 0.153 e. The fourth-order valence-corrected chi connectivity index (χ4v) is 3.02. The molecule has 2 fully saturated rings. The number of Topliss-reactive ketones (excluding diaryl/α,β-unsaturated/α-hetero) is 1. The van der Waals surface area contributed by atoms with Gasteiger partial charge in [-0.25, -0.2) is 0 Å². The predicted octanol–water partition coefficient (Wildman–Crippen LogP) is 2.83. The maximum atomic E-state index is 11.7. The van der Waals surface area contributed by atoms with E-state index in [1.807, 2.05) is 0 Å². The number of ketones is 1. The van der Waals surface area contributed by atoms with Crippen LogP contribution in [-0.2, 0) is 4.79 Å². The van der Waals surface area contributed by atoms with Crippen molar-refractivity contribution >= 4 is 5.78 Å². The first kappa shape index (κ1) is 9.71. The third-order valence-corrected chi connectivity index (χ3v) is 3.87. The van der Waals surface area contributed by atoms with Gasteiger partial charge >= 0.3 is 0 Å². The third kappa shape index (κ3) is 1.56. The molecule has 2 aliphatic rings. The molecule has 0 aromatic carbocycles. The van der Waals surface area contributed by atoms with E-state index >= 15 is 0 Å². The zero-order valence-electron chi connectivity index (χ0n) is 8.59. The van der Waals surface area contributed by atoms with E-state index < -0.39 is 5.41 Å². The Hall–Kier alpha value is -0.840. The molecule has 2 heteroatoms. The highest BCUT2D eigenvalue weighted by atomic mass is 16.1. The minimum absolute atomic E-state index is 0.215. The van der Waals surface area contributed by atoms with Crippen LogP contribution in [0.25, 0.3) is 0 Å². The SMILES string of the molecule is N#CC1(CC2CCCC2)CCCC1=O. The van der Waals surface area contributed by atoms with Gasteiger partial charge in [0.2, 0.25) is 0 Å². The van der Waals surface area contributed by atoms with Crippen molar-refractivity contribution in [1.82, 2.24) is 0 Å². The molecule has 2 aliphatic carbocycles. The molecule has 0 radical (unpaired) electrons. The van der Waals surface area contributed by atoms with E-state index in [-0.39, 0.29) is 5.78 Å². The van der Waals surface area contributed by atoms with E-state index in [1.165, 1.54) is 25.7 Å². The first-order valence-electron chi connectivity index (χ1n) is 5.71. The summed E-state index contributed by atoms with van der Waals surface area (Å²) in [5.41, 5.74) is -0.574. The molecule has 0 bridgehead atoms. The molecular weight excluding hydrogens is 174 g/mol. The monoisotopic (exact) mass is 191 g/mol. The summed E-state index contributed by atoms with van der Waals surface area (Å²) in [5.74, 6) is 0.864. The van der Waals surface area contributed by atoms with Crippen LogP contribution in [0.5, 0.6) is 0 Å². The topological polar surface area (TPSA) is 40.9 Å². The highest BCUT2D eigenvalue weighted by Crippen LogP contribution is 2.43. The van der Waals surface area contributed by atoms with Crippen LogP contribution in [0.1, 0.15) is 51.4 Å². The van der Waals surface area contributed by atoms with Crippen molar-refractivity contribution in [3.8, 4) is 6.07 Å². The minimum Gasteiger partial charge on any atom is -0.298 e. The number of rotatable bonds is 2. The van der Waals surface area contributed by atoms with Gasteiger partial charge in [0.05, 0.1) is 6.07 Å². The highest BCUT2D eigenvalue weighted by Gasteiger charge is 2.43. The number of hydrogen-bond donors (Lipinski definition) is 0. The number of hydrogen-bond acceptors (Lipinski definition) is 2. The molecule has 0 spiro atoms. The molecule has 0 heterocycles. The zero-order valence-corrected chi connectivity index (χ0v) is 8.59. The lowest BCUT2D eigenvalue weighted by Crippen LogP contribution is -2.26. The Bertz CT molecular complexity index is 273. The second kappa shape index (κ2) is 3.73. The summed E-state index contributed by atoms with van der Waals surface area (Å²) in [4.78, 5) is 11.7. The largest absolute Gasteiger partial charge is 0.298 e. The molecule has 0 saturated heterocycles. The van der Waals surface area contributed by atoms with Crippen LogP contribution in [0.2, 0.25) is 0 Å². The van der Waals surface area contributed by atoms with Crippen LogP contribution in [0.15, 0.2) is 0 Å². The molecule has 0 aromatic rings. The van der Waals surface area contributed by atoms with Gasteiger partial charge in [-0.05, 0) is 25.2 Å². The smallest absolute Gasteiger partial charge is 0.153 e. The van der Waals surface area contributed by atoms with Crippen LogP contribution < -0.4 is 0 Å². The fraction of sp³-hybridized carbons (Fsp3) is 0.833. The van der Waals surface area contributed by atoms with Gasteiger partial charge in [0.25, 0.3) is 0 Å². The first-order chi connectivity index (χ1) is 6.77. The van der Waals surface area contributed by atoms with Gasteiger partial charge in [0.15, 0.2) is 5.78 Å². The van der Waals surface area contributed by atoms with E-state index in [4.69, 9.17) is 0 Å². The molecule has 2 rings (SSSR count). The van der Waals surface area contributed by atoms with Crippen LogP contribution in [0.4, 0.5) is 0 Å². The van der Waals surface area contributed by atoms with E-state index in [1.54, 1.807) is 0 Å². The molecule has 0 aliphatic heterocycles. The summed E-state index contributed by atoms with van der Waals surface area (Å²) in [6, 6.07) is 2.30. The molecule has 0 aromatic heterocycles. The summed E-state index contributed by atoms with van der Waals surface area (Å²) in [7, 11) is 0. The number of nitrogens with zero attached hydrogens (tertiary/aromatic N) is 1. The number of nitriles is 1. The lowest BCUT2D eigenvalue weighted by Gasteiger charge is -2.22. The molecule has 0 N–H and O–H groups in total. The van der Waals surface area contributed by atoms with Gasteiger partial charge in [0.1, 0.15) is 5.41 Å². The first-order valence-corrected chi connectivity index (χ1v) is 5.71. The Kier molecular flexibility index (Phi) is 2.58. The normalized spacial score (nSPS) is 33.5. The molecule has 2 saturated carbocycles. The molecule has 1 atom stereocenters. The Morgan fingerprint density at radius 3 is 2.57 bits per heavy atom. The highest BCUT2D eigenvalue weighted by molar-refractivity contribution is 5.89. The Labute approximate surface area is 85.3 Å². The quantitative estimate of drug-likeness (QED) is 0.673. The van der Waals surface area contributed by atoms with Crippen molar-refractivity contribution in [2.24, 2.45) is 11.3 Å². The Balaban J connectivity index is 2.05. The van der Waals surface area contributed by atoms with E-state index in [0.717, 1.165) is 19.3 Å². The summed E-state index contributed by atoms with van der Waals surface area (Å²) in [5, 5.41) is 9.18. The zero-order chi connectivity index (χ0) is 10.0. The van der Waals surface area contributed by atoms with Gasteiger partial charge in [-0.3, -0.25) is 4.79 Å². The predicted molar refractivity (Wildman–Crippen MR) is 53.5 cm³/mol. The Morgan fingerprint density at radius 1 is 1.36 bits per heavy atom. The maximum absolute atomic E-state index is 11.7. The molecule has 2 nitrogen and oxygen atoms in total. The number of carbonyl (C=O) groups is 1. The fourth-order valence-electron chi connectivity index (χ4n) is 3.02. The standard InChI is InChI=1S/C12H17NO/c13-9-12(7-3-6-11(12)14)8-10-4-1-2-5-10/h10H,1-8H2. The van der Waals surface area contributed by atoms with E-state index in [9.17, 15) is 10.1 Å². The van der Waals surface area contributed by atoms with Crippen molar-refractivity contribution in [3.63, 3.8) is 0 Å². The van der Waals surface area contributed by atoms with E-state index in [0.29, 0.717) is 12.3 Å². The lowest BCUT2D eigenvalue weighted by molar-refractivity contribution is -0.124. The van der Waals surface area contributed by atoms with Gasteiger partial charge in [0, 0.05) is 6.42 Å². The van der Waals surface area contributed by atoms with Gasteiger partial charge in [-0.1, -0.05) is 25.7 Å². The van der Waals surface area contributed by atoms with Crippen LogP contribution in [-0.4, -0.2) is 5.78 Å². The summed E-state index contributed by atoms with van der Waals surface area (Å²) in [6.45, 7) is 0. The summed E-state index contributed by atoms with van der Waals surface area (Å²) < 4.78 is 0. The minimum atomic E-state index is -0.574. The summed E-state index contributed by atoms with van der Waals surface area (Å²) >= 11 is 0. The molecule has 0 amide bonds. The average Bonchev–Trinajstić information content (AvgIpc) is 2.79. The second-order valence-corrected chi connectivity index (χ2v) is 4.83.